The number of nitrogens with one attached hydrogen (secondary N) is 1. The number of anilines is 2. The molecule has 2 rings (SSSR count). The van der Waals surface area contributed by atoms with Crippen molar-refractivity contribution >= 4 is 23.5 Å². The Bertz CT molecular complexity index is 578. The van der Waals surface area contributed by atoms with Crippen LogP contribution in [0.25, 0.3) is 0 Å². The van der Waals surface area contributed by atoms with Crippen LogP contribution in [0.4, 0.5) is 22.2 Å². The first kappa shape index (κ1) is 14.8. The number of alkyl carbamates (subject to hydrolysis) is 1. The number of nitro groups is 1. The normalized spacial score (nSPS) is 17.6. The van der Waals surface area contributed by atoms with Gasteiger partial charge in [0.15, 0.2) is 0 Å². The molecule has 21 heavy (non-hydrogen) atoms. The van der Waals surface area contributed by atoms with Crippen molar-refractivity contribution in [3.63, 3.8) is 0 Å². The zero-order chi connectivity index (χ0) is 15.6. The van der Waals surface area contributed by atoms with Gasteiger partial charge in [-0.25, -0.2) is 9.78 Å². The maximum Gasteiger partial charge on any atom is 0.407 e. The molecule has 0 aliphatic carbocycles. The Kier molecular flexibility index (Phi) is 4.05. The molecule has 114 valence electrons. The van der Waals surface area contributed by atoms with Crippen molar-refractivity contribution in [2.45, 2.75) is 19.4 Å². The van der Waals surface area contributed by atoms with Crippen LogP contribution < -0.4 is 16.0 Å². The molecule has 0 saturated carbocycles. The lowest BCUT2D eigenvalue weighted by atomic mass is 10.3. The standard InChI is InChI=1S/C11H16N6O4/c1-6-8(17(19)20)9(15-10(12)13-6)16-4-3-7(5-16)14-11(18)21-2/h7H,3-5H2,1-2H3,(H,14,18)(H2,12,13,15). The van der Waals surface area contributed by atoms with Gasteiger partial charge < -0.3 is 20.7 Å². The van der Waals surface area contributed by atoms with Crippen molar-refractivity contribution in [1.29, 1.82) is 0 Å². The van der Waals surface area contributed by atoms with Crippen molar-refractivity contribution in [3.8, 4) is 0 Å². The summed E-state index contributed by atoms with van der Waals surface area (Å²) < 4.78 is 4.53. The van der Waals surface area contributed by atoms with Gasteiger partial charge in [-0.1, -0.05) is 0 Å². The van der Waals surface area contributed by atoms with E-state index < -0.39 is 11.0 Å². The third-order valence-electron chi connectivity index (χ3n) is 3.23. The molecule has 0 aromatic carbocycles. The maximum atomic E-state index is 11.2. The van der Waals surface area contributed by atoms with Crippen LogP contribution in [-0.2, 0) is 4.74 Å². The van der Waals surface area contributed by atoms with E-state index in [0.717, 1.165) is 0 Å². The van der Waals surface area contributed by atoms with E-state index in [-0.39, 0.29) is 29.2 Å². The second-order valence-electron chi connectivity index (χ2n) is 4.66. The molecule has 1 atom stereocenters. The first-order chi connectivity index (χ1) is 9.92. The molecule has 1 aliphatic rings. The highest BCUT2D eigenvalue weighted by Crippen LogP contribution is 2.31. The first-order valence-electron chi connectivity index (χ1n) is 6.30. The van der Waals surface area contributed by atoms with E-state index in [1.165, 1.54) is 14.0 Å². The van der Waals surface area contributed by atoms with Gasteiger partial charge in [-0.2, -0.15) is 4.98 Å². The molecular weight excluding hydrogens is 280 g/mol. The fourth-order valence-corrected chi connectivity index (χ4v) is 2.30. The number of hydrogen-bond donors (Lipinski definition) is 2. The van der Waals surface area contributed by atoms with Crippen LogP contribution >= 0.6 is 0 Å². The van der Waals surface area contributed by atoms with Gasteiger partial charge in [0.1, 0.15) is 5.69 Å². The van der Waals surface area contributed by atoms with Gasteiger partial charge in [-0.3, -0.25) is 10.1 Å². The van der Waals surface area contributed by atoms with Gasteiger partial charge >= 0.3 is 11.8 Å². The van der Waals surface area contributed by atoms with Crippen LogP contribution in [-0.4, -0.2) is 47.2 Å². The van der Waals surface area contributed by atoms with Gasteiger partial charge in [-0.05, 0) is 13.3 Å². The topological polar surface area (TPSA) is 137 Å². The number of aryl methyl sites for hydroxylation is 1. The van der Waals surface area contributed by atoms with Gasteiger partial charge in [-0.15, -0.1) is 0 Å². The molecule has 0 spiro atoms. The second kappa shape index (κ2) is 5.77. The predicted molar refractivity (Wildman–Crippen MR) is 74.0 cm³/mol. The van der Waals surface area contributed by atoms with Crippen molar-refractivity contribution < 1.29 is 14.5 Å². The smallest absolute Gasteiger partial charge is 0.407 e. The molecule has 1 unspecified atom stereocenters. The molecule has 1 fully saturated rings. The number of ether oxygens (including phenoxy) is 1. The molecule has 0 radical (unpaired) electrons. The summed E-state index contributed by atoms with van der Waals surface area (Å²) in [5.74, 6) is 0.164. The lowest BCUT2D eigenvalue weighted by Gasteiger charge is -2.18. The van der Waals surface area contributed by atoms with Crippen LogP contribution in [0, 0.1) is 17.0 Å². The highest BCUT2D eigenvalue weighted by Gasteiger charge is 2.32. The van der Waals surface area contributed by atoms with Gasteiger partial charge in [0.05, 0.1) is 18.1 Å². The number of carbonyl (C=O) groups is 1. The molecule has 1 saturated heterocycles. The van der Waals surface area contributed by atoms with Crippen molar-refractivity contribution in [3.05, 3.63) is 15.8 Å². The molecule has 1 aliphatic heterocycles. The Balaban J connectivity index is 2.23. The number of nitrogens with zero attached hydrogens (tertiary/aromatic N) is 4. The predicted octanol–water partition coefficient (Wildman–Crippen LogP) is 0.210. The summed E-state index contributed by atoms with van der Waals surface area (Å²) in [4.78, 5) is 31.4. The Morgan fingerprint density at radius 3 is 2.90 bits per heavy atom. The summed E-state index contributed by atoms with van der Waals surface area (Å²) in [6, 6.07) is -0.159. The van der Waals surface area contributed by atoms with Crippen molar-refractivity contribution in [2.24, 2.45) is 0 Å². The molecule has 0 bridgehead atoms. The Morgan fingerprint density at radius 2 is 2.29 bits per heavy atom. The van der Waals surface area contributed by atoms with E-state index in [2.05, 4.69) is 20.0 Å². The molecule has 3 N–H and O–H groups in total. The number of aromatic nitrogens is 2. The van der Waals surface area contributed by atoms with E-state index in [1.807, 2.05) is 0 Å². The summed E-state index contributed by atoms with van der Waals surface area (Å²) in [6.07, 6.45) is 0.101. The van der Waals surface area contributed by atoms with E-state index in [9.17, 15) is 14.9 Å². The third-order valence-corrected chi connectivity index (χ3v) is 3.23. The van der Waals surface area contributed by atoms with E-state index in [0.29, 0.717) is 19.5 Å². The number of amides is 1. The Morgan fingerprint density at radius 1 is 1.57 bits per heavy atom. The van der Waals surface area contributed by atoms with Crippen LogP contribution in [0.15, 0.2) is 0 Å². The molecule has 10 heteroatoms. The summed E-state index contributed by atoms with van der Waals surface area (Å²) in [5, 5.41) is 13.8. The maximum absolute atomic E-state index is 11.2. The van der Waals surface area contributed by atoms with Crippen molar-refractivity contribution in [1.82, 2.24) is 15.3 Å². The first-order valence-corrected chi connectivity index (χ1v) is 6.30. The zero-order valence-electron chi connectivity index (χ0n) is 11.7. The van der Waals surface area contributed by atoms with Crippen molar-refractivity contribution in [2.75, 3.05) is 30.8 Å². The van der Waals surface area contributed by atoms with E-state index in [4.69, 9.17) is 5.73 Å². The van der Waals surface area contributed by atoms with Gasteiger partial charge in [0.2, 0.25) is 11.8 Å². The number of nitrogens with two attached hydrogens (primary N) is 1. The lowest BCUT2D eigenvalue weighted by molar-refractivity contribution is -0.385. The van der Waals surface area contributed by atoms with Crippen LogP contribution in [0.3, 0.4) is 0 Å². The van der Waals surface area contributed by atoms with Crippen LogP contribution in [0.2, 0.25) is 0 Å². The largest absolute Gasteiger partial charge is 0.453 e. The molecule has 10 nitrogen and oxygen atoms in total. The molecule has 1 aromatic heterocycles. The summed E-state index contributed by atoms with van der Waals surface area (Å²) in [5.41, 5.74) is 5.62. The Labute approximate surface area is 120 Å². The highest BCUT2D eigenvalue weighted by atomic mass is 16.6. The number of rotatable bonds is 3. The quantitative estimate of drug-likeness (QED) is 0.596. The fourth-order valence-electron chi connectivity index (χ4n) is 2.30. The van der Waals surface area contributed by atoms with Gasteiger partial charge in [0.25, 0.3) is 0 Å². The van der Waals surface area contributed by atoms with Gasteiger partial charge in [0, 0.05) is 13.1 Å². The highest BCUT2D eigenvalue weighted by molar-refractivity contribution is 5.68. The average Bonchev–Trinajstić information content (AvgIpc) is 2.85. The molecule has 1 aromatic rings. The average molecular weight is 296 g/mol. The minimum Gasteiger partial charge on any atom is -0.453 e. The number of carbonyl (C=O) groups excluding carboxylic acids is 1. The molecule has 2 heterocycles. The lowest BCUT2D eigenvalue weighted by Crippen LogP contribution is -2.37. The summed E-state index contributed by atoms with van der Waals surface area (Å²) >= 11 is 0. The molecular formula is C11H16N6O4. The Hall–Kier alpha value is -2.65. The summed E-state index contributed by atoms with van der Waals surface area (Å²) in [6.45, 7) is 2.43. The van der Waals surface area contributed by atoms with E-state index in [1.54, 1.807) is 4.90 Å². The minimum atomic E-state index is -0.533. The monoisotopic (exact) mass is 296 g/mol. The van der Waals surface area contributed by atoms with E-state index >= 15 is 0 Å². The third kappa shape index (κ3) is 3.09. The number of hydrogen-bond acceptors (Lipinski definition) is 8. The zero-order valence-corrected chi connectivity index (χ0v) is 11.7. The fraction of sp³-hybridized carbons (Fsp3) is 0.545. The number of methoxy groups -OCH3 is 1. The minimum absolute atomic E-state index is 0.0162. The van der Waals surface area contributed by atoms with Crippen LogP contribution in [0.1, 0.15) is 12.1 Å². The second-order valence-corrected chi connectivity index (χ2v) is 4.66. The van der Waals surface area contributed by atoms with Crippen LogP contribution in [0.5, 0.6) is 0 Å². The SMILES string of the molecule is COC(=O)NC1CCN(c2nc(N)nc(C)c2[N+](=O)[O-])C1. The number of nitrogen functional groups attached to an aromatic ring is 1. The molecule has 1 amide bonds. The summed E-state index contributed by atoms with van der Waals surface area (Å²) in [7, 11) is 1.28.